The third-order valence-corrected chi connectivity index (χ3v) is 6.14. The topological polar surface area (TPSA) is 113 Å². The number of benzene rings is 3. The van der Waals surface area contributed by atoms with Crippen LogP contribution in [-0.4, -0.2) is 26.3 Å². The molecule has 1 aliphatic rings. The predicted molar refractivity (Wildman–Crippen MR) is 146 cm³/mol. The first-order valence-electron chi connectivity index (χ1n) is 12.6. The molecule has 3 aromatic rings. The van der Waals surface area contributed by atoms with Gasteiger partial charge in [-0.05, 0) is 54.4 Å². The van der Waals surface area contributed by atoms with Crippen molar-refractivity contribution in [2.75, 3.05) is 20.3 Å². The Kier molecular flexibility index (Phi) is 8.75. The molecule has 200 valence electrons. The van der Waals surface area contributed by atoms with Gasteiger partial charge >= 0.3 is 5.97 Å². The smallest absolute Gasteiger partial charge is 0.343 e. The maximum Gasteiger partial charge on any atom is 0.343 e. The summed E-state index contributed by atoms with van der Waals surface area (Å²) in [6.07, 6.45) is 3.59. The number of unbranched alkanes of at least 4 members (excludes halogenated alkanes) is 1. The van der Waals surface area contributed by atoms with Crippen LogP contribution < -0.4 is 29.4 Å². The van der Waals surface area contributed by atoms with Gasteiger partial charge in [0.15, 0.2) is 11.5 Å². The van der Waals surface area contributed by atoms with Crippen molar-refractivity contribution in [3.63, 3.8) is 0 Å². The van der Waals surface area contributed by atoms with E-state index in [2.05, 4.69) is 19.6 Å². The second-order valence-electron chi connectivity index (χ2n) is 8.75. The van der Waals surface area contributed by atoms with Crippen molar-refractivity contribution in [2.45, 2.75) is 25.7 Å². The summed E-state index contributed by atoms with van der Waals surface area (Å²) in [5.41, 5.74) is 8.27. The van der Waals surface area contributed by atoms with E-state index in [-0.39, 0.29) is 17.2 Å². The number of nitriles is 1. The molecule has 0 saturated carbocycles. The zero-order chi connectivity index (χ0) is 27.8. The van der Waals surface area contributed by atoms with Crippen molar-refractivity contribution in [2.24, 2.45) is 5.73 Å². The van der Waals surface area contributed by atoms with E-state index in [0.29, 0.717) is 47.3 Å². The number of allylic oxidation sites excluding steroid dienone is 1. The van der Waals surface area contributed by atoms with Crippen LogP contribution in [0.15, 0.2) is 84.8 Å². The largest absolute Gasteiger partial charge is 0.493 e. The van der Waals surface area contributed by atoms with Gasteiger partial charge < -0.3 is 29.4 Å². The van der Waals surface area contributed by atoms with Crippen LogP contribution in [0.3, 0.4) is 0 Å². The molecule has 2 N–H and O–H groups in total. The highest BCUT2D eigenvalue weighted by Gasteiger charge is 2.32. The van der Waals surface area contributed by atoms with Gasteiger partial charge in [0.1, 0.15) is 35.5 Å². The van der Waals surface area contributed by atoms with E-state index in [0.717, 1.165) is 18.4 Å². The molecule has 0 saturated heterocycles. The van der Waals surface area contributed by atoms with Crippen LogP contribution in [0.1, 0.15) is 47.2 Å². The lowest BCUT2D eigenvalue weighted by Gasteiger charge is -2.27. The van der Waals surface area contributed by atoms with E-state index in [4.69, 9.17) is 29.4 Å². The van der Waals surface area contributed by atoms with Crippen molar-refractivity contribution in [1.29, 1.82) is 5.26 Å². The van der Waals surface area contributed by atoms with Gasteiger partial charge in [-0.3, -0.25) is 0 Å². The standard InChI is InChI=1S/C31H30N2O6/c1-4-6-16-37-26-14-9-21(17-28(26)35-3)29-24-13-12-23(18-27(24)39-30(33)25(29)19-32)38-31(34)20-7-10-22(11-8-20)36-15-5-2/h5,7-14,17-18,29H,2,4,6,15-16,33H2,1,3H3. The second kappa shape index (κ2) is 12.6. The molecule has 0 spiro atoms. The van der Waals surface area contributed by atoms with Gasteiger partial charge in [-0.15, -0.1) is 0 Å². The molecule has 0 aromatic heterocycles. The second-order valence-corrected chi connectivity index (χ2v) is 8.75. The quantitative estimate of drug-likeness (QED) is 0.143. The highest BCUT2D eigenvalue weighted by Crippen LogP contribution is 2.45. The molecule has 0 amide bonds. The van der Waals surface area contributed by atoms with E-state index < -0.39 is 11.9 Å². The number of carbonyl (C=O) groups is 1. The maximum atomic E-state index is 12.7. The number of hydrogen-bond acceptors (Lipinski definition) is 8. The first-order chi connectivity index (χ1) is 19.0. The average Bonchev–Trinajstić information content (AvgIpc) is 2.95. The summed E-state index contributed by atoms with van der Waals surface area (Å²) in [5, 5.41) is 9.90. The SMILES string of the molecule is C=CCOc1ccc(C(=O)Oc2ccc3c(c2)OC(N)=C(C#N)C3c2ccc(OCCCC)c(OC)c2)cc1. The fourth-order valence-electron chi connectivity index (χ4n) is 4.16. The molecule has 3 aromatic carbocycles. The molecule has 8 heteroatoms. The summed E-state index contributed by atoms with van der Waals surface area (Å²) >= 11 is 0. The van der Waals surface area contributed by atoms with Gasteiger partial charge in [0.2, 0.25) is 5.88 Å². The predicted octanol–water partition coefficient (Wildman–Crippen LogP) is 5.88. The minimum absolute atomic E-state index is 0.0178. The summed E-state index contributed by atoms with van der Waals surface area (Å²) < 4.78 is 28.2. The summed E-state index contributed by atoms with van der Waals surface area (Å²) in [4.78, 5) is 12.7. The zero-order valence-electron chi connectivity index (χ0n) is 21.9. The minimum atomic E-state index is -0.540. The maximum absolute atomic E-state index is 12.7. The molecule has 0 aliphatic carbocycles. The molecule has 39 heavy (non-hydrogen) atoms. The number of hydrogen-bond donors (Lipinski definition) is 1. The van der Waals surface area contributed by atoms with Gasteiger partial charge in [0.05, 0.1) is 25.2 Å². The Balaban J connectivity index is 1.60. The Bertz CT molecular complexity index is 1420. The van der Waals surface area contributed by atoms with Crippen molar-refractivity contribution in [3.05, 3.63) is 101 Å². The molecule has 4 rings (SSSR count). The molecule has 1 aliphatic heterocycles. The molecule has 1 heterocycles. The van der Waals surface area contributed by atoms with E-state index in [9.17, 15) is 10.1 Å². The third-order valence-electron chi connectivity index (χ3n) is 6.14. The summed E-state index contributed by atoms with van der Waals surface area (Å²) in [7, 11) is 1.57. The lowest BCUT2D eigenvalue weighted by molar-refractivity contribution is 0.0734. The Morgan fingerprint density at radius 3 is 2.54 bits per heavy atom. The number of rotatable bonds is 11. The molecule has 0 bridgehead atoms. The van der Waals surface area contributed by atoms with Gasteiger partial charge in [0, 0.05) is 11.6 Å². The van der Waals surface area contributed by atoms with Crippen LogP contribution in [0, 0.1) is 11.3 Å². The number of fused-ring (bicyclic) bond motifs is 1. The molecule has 0 fully saturated rings. The highest BCUT2D eigenvalue weighted by molar-refractivity contribution is 5.91. The Hall–Kier alpha value is -4.90. The third kappa shape index (κ3) is 6.16. The van der Waals surface area contributed by atoms with Crippen molar-refractivity contribution in [3.8, 4) is 34.8 Å². The normalized spacial score (nSPS) is 13.9. The number of nitrogens with two attached hydrogens (primary N) is 1. The number of carbonyl (C=O) groups excluding carboxylic acids is 1. The Labute approximate surface area is 227 Å². The van der Waals surface area contributed by atoms with Crippen LogP contribution in [0.25, 0.3) is 0 Å². The number of ether oxygens (including phenoxy) is 5. The fraction of sp³-hybridized carbons (Fsp3) is 0.226. The van der Waals surface area contributed by atoms with Crippen molar-refractivity contribution >= 4 is 5.97 Å². The van der Waals surface area contributed by atoms with Crippen LogP contribution in [0.2, 0.25) is 0 Å². The highest BCUT2D eigenvalue weighted by atomic mass is 16.5. The van der Waals surface area contributed by atoms with Crippen LogP contribution in [0.5, 0.6) is 28.7 Å². The molecule has 1 atom stereocenters. The number of nitrogens with zero attached hydrogens (tertiary/aromatic N) is 1. The van der Waals surface area contributed by atoms with Gasteiger partial charge in [0.25, 0.3) is 0 Å². The van der Waals surface area contributed by atoms with Crippen molar-refractivity contribution in [1.82, 2.24) is 0 Å². The zero-order valence-corrected chi connectivity index (χ0v) is 21.9. The van der Waals surface area contributed by atoms with Crippen LogP contribution in [0.4, 0.5) is 0 Å². The fourth-order valence-corrected chi connectivity index (χ4v) is 4.16. The lowest BCUT2D eigenvalue weighted by atomic mass is 9.83. The van der Waals surface area contributed by atoms with E-state index in [1.165, 1.54) is 0 Å². The molecule has 8 nitrogen and oxygen atoms in total. The Morgan fingerprint density at radius 2 is 1.85 bits per heavy atom. The van der Waals surface area contributed by atoms with E-state index >= 15 is 0 Å². The lowest BCUT2D eigenvalue weighted by Crippen LogP contribution is -2.21. The molecular formula is C31H30N2O6. The van der Waals surface area contributed by atoms with E-state index in [1.807, 2.05) is 18.2 Å². The summed E-state index contributed by atoms with van der Waals surface area (Å²) in [6, 6.07) is 19.3. The van der Waals surface area contributed by atoms with E-state index in [1.54, 1.807) is 55.7 Å². The minimum Gasteiger partial charge on any atom is -0.493 e. The first-order valence-corrected chi connectivity index (χ1v) is 12.6. The number of esters is 1. The Morgan fingerprint density at radius 1 is 1.08 bits per heavy atom. The van der Waals surface area contributed by atoms with Gasteiger partial charge in [-0.25, -0.2) is 4.79 Å². The summed E-state index contributed by atoms with van der Waals surface area (Å²) in [5.74, 6) is 1.39. The number of methoxy groups -OCH3 is 1. The van der Waals surface area contributed by atoms with Crippen LogP contribution >= 0.6 is 0 Å². The molecule has 0 radical (unpaired) electrons. The van der Waals surface area contributed by atoms with Gasteiger partial charge in [-0.1, -0.05) is 38.1 Å². The first kappa shape index (κ1) is 27.1. The average molecular weight is 527 g/mol. The summed E-state index contributed by atoms with van der Waals surface area (Å²) in [6.45, 7) is 6.66. The van der Waals surface area contributed by atoms with Gasteiger partial charge in [-0.2, -0.15) is 5.26 Å². The monoisotopic (exact) mass is 526 g/mol. The van der Waals surface area contributed by atoms with Crippen molar-refractivity contribution < 1.29 is 28.5 Å². The van der Waals surface area contributed by atoms with Crippen LogP contribution in [-0.2, 0) is 0 Å². The molecular weight excluding hydrogens is 496 g/mol. The molecule has 1 unspecified atom stereocenters.